The number of hydrogen-bond acceptors (Lipinski definition) is 4. The van der Waals surface area contributed by atoms with Crippen LogP contribution in [-0.2, 0) is 9.53 Å². The molecule has 0 bridgehead atoms. The number of aryl methyl sites for hydroxylation is 1. The van der Waals surface area contributed by atoms with Crippen LogP contribution in [0.4, 0.5) is 0 Å². The number of halogens is 1. The average Bonchev–Trinajstić information content (AvgIpc) is 2.25. The molecule has 1 rings (SSSR count). The maximum Gasteiger partial charge on any atom is 0.325 e. The van der Waals surface area contributed by atoms with Crippen molar-refractivity contribution in [3.63, 3.8) is 0 Å². The number of nitrogens with zero attached hydrogens (tertiary/aromatic N) is 1. The molecule has 0 saturated carbocycles. The van der Waals surface area contributed by atoms with Crippen molar-refractivity contribution in [2.45, 2.75) is 13.8 Å². The molecule has 1 aromatic rings. The Morgan fingerprint density at radius 1 is 1.47 bits per heavy atom. The van der Waals surface area contributed by atoms with Crippen LogP contribution in [0.5, 0.6) is 0 Å². The van der Waals surface area contributed by atoms with E-state index >= 15 is 0 Å². The van der Waals surface area contributed by atoms with Crippen LogP contribution in [0.2, 0.25) is 5.15 Å². The van der Waals surface area contributed by atoms with E-state index in [-0.39, 0.29) is 24.2 Å². The zero-order valence-electron chi connectivity index (χ0n) is 9.62. The largest absolute Gasteiger partial charge is 0.465 e. The first-order valence-corrected chi connectivity index (χ1v) is 5.48. The van der Waals surface area contributed by atoms with E-state index < -0.39 is 5.97 Å². The molecular formula is C11H13ClN2O3. The Kier molecular flexibility index (Phi) is 4.90. The Bertz CT molecular complexity index is 414. The van der Waals surface area contributed by atoms with Gasteiger partial charge >= 0.3 is 5.97 Å². The summed E-state index contributed by atoms with van der Waals surface area (Å²) < 4.78 is 4.68. The Labute approximate surface area is 104 Å². The zero-order valence-corrected chi connectivity index (χ0v) is 10.4. The molecule has 0 fully saturated rings. The number of hydrogen-bond donors (Lipinski definition) is 1. The molecule has 92 valence electrons. The van der Waals surface area contributed by atoms with Crippen molar-refractivity contribution in [2.24, 2.45) is 0 Å². The van der Waals surface area contributed by atoms with E-state index in [0.29, 0.717) is 11.3 Å². The number of pyridine rings is 1. The smallest absolute Gasteiger partial charge is 0.325 e. The van der Waals surface area contributed by atoms with Crippen molar-refractivity contribution in [1.29, 1.82) is 0 Å². The van der Waals surface area contributed by atoms with Gasteiger partial charge < -0.3 is 10.1 Å². The lowest BCUT2D eigenvalue weighted by Gasteiger charge is -2.05. The second-order valence-electron chi connectivity index (χ2n) is 3.31. The maximum absolute atomic E-state index is 11.7. The van der Waals surface area contributed by atoms with Gasteiger partial charge in [-0.05, 0) is 26.0 Å². The summed E-state index contributed by atoms with van der Waals surface area (Å²) in [5, 5.41) is 2.68. The quantitative estimate of drug-likeness (QED) is 0.652. The van der Waals surface area contributed by atoms with Gasteiger partial charge in [-0.15, -0.1) is 0 Å². The molecule has 0 spiro atoms. The van der Waals surface area contributed by atoms with E-state index in [9.17, 15) is 9.59 Å². The van der Waals surface area contributed by atoms with Crippen molar-refractivity contribution in [3.8, 4) is 0 Å². The molecule has 1 N–H and O–H groups in total. The van der Waals surface area contributed by atoms with Crippen LogP contribution in [0.1, 0.15) is 23.0 Å². The molecule has 0 aromatic carbocycles. The topological polar surface area (TPSA) is 68.3 Å². The fourth-order valence-corrected chi connectivity index (χ4v) is 1.48. The summed E-state index contributed by atoms with van der Waals surface area (Å²) in [5.74, 6) is -0.858. The predicted molar refractivity (Wildman–Crippen MR) is 63.0 cm³/mol. The third-order valence-electron chi connectivity index (χ3n) is 1.88. The molecule has 0 atom stereocenters. The van der Waals surface area contributed by atoms with Gasteiger partial charge in [0, 0.05) is 11.3 Å². The van der Waals surface area contributed by atoms with Crippen LogP contribution >= 0.6 is 11.6 Å². The van der Waals surface area contributed by atoms with Crippen LogP contribution in [0.25, 0.3) is 0 Å². The van der Waals surface area contributed by atoms with E-state index in [4.69, 9.17) is 11.6 Å². The standard InChI is InChI=1S/C11H13ClN2O3/c1-3-17-10(15)6-13-11(16)8-4-7(2)14-9(12)5-8/h4-5H,3,6H2,1-2H3,(H,13,16). The van der Waals surface area contributed by atoms with Crippen molar-refractivity contribution < 1.29 is 14.3 Å². The molecule has 0 radical (unpaired) electrons. The molecular weight excluding hydrogens is 244 g/mol. The first-order valence-electron chi connectivity index (χ1n) is 5.11. The van der Waals surface area contributed by atoms with E-state index in [1.807, 2.05) is 0 Å². The summed E-state index contributed by atoms with van der Waals surface area (Å²) in [6.45, 7) is 3.56. The minimum absolute atomic E-state index is 0.161. The van der Waals surface area contributed by atoms with Crippen molar-refractivity contribution in [3.05, 3.63) is 28.5 Å². The van der Waals surface area contributed by atoms with Gasteiger partial charge in [0.05, 0.1) is 6.61 Å². The number of carbonyl (C=O) groups excluding carboxylic acids is 2. The highest BCUT2D eigenvalue weighted by atomic mass is 35.5. The fraction of sp³-hybridized carbons (Fsp3) is 0.364. The van der Waals surface area contributed by atoms with Gasteiger partial charge in [0.2, 0.25) is 0 Å². The van der Waals surface area contributed by atoms with Gasteiger partial charge in [0.15, 0.2) is 0 Å². The summed E-state index contributed by atoms with van der Waals surface area (Å²) in [4.78, 5) is 26.6. The second kappa shape index (κ2) is 6.20. The molecule has 6 heteroatoms. The van der Waals surface area contributed by atoms with Gasteiger partial charge in [0.25, 0.3) is 5.91 Å². The Hall–Kier alpha value is -1.62. The van der Waals surface area contributed by atoms with E-state index in [0.717, 1.165) is 0 Å². The number of amides is 1. The van der Waals surface area contributed by atoms with E-state index in [2.05, 4.69) is 15.0 Å². The minimum Gasteiger partial charge on any atom is -0.465 e. The molecule has 0 saturated heterocycles. The maximum atomic E-state index is 11.7. The third-order valence-corrected chi connectivity index (χ3v) is 2.08. The van der Waals surface area contributed by atoms with Gasteiger partial charge in [-0.1, -0.05) is 11.6 Å². The summed E-state index contributed by atoms with van der Waals surface area (Å²) in [7, 11) is 0. The molecule has 1 aromatic heterocycles. The lowest BCUT2D eigenvalue weighted by Crippen LogP contribution is -2.30. The van der Waals surface area contributed by atoms with Gasteiger partial charge in [0.1, 0.15) is 11.7 Å². The number of aromatic nitrogens is 1. The highest BCUT2D eigenvalue weighted by Crippen LogP contribution is 2.10. The van der Waals surface area contributed by atoms with Crippen molar-refractivity contribution in [1.82, 2.24) is 10.3 Å². The minimum atomic E-state index is -0.474. The fourth-order valence-electron chi connectivity index (χ4n) is 1.23. The first kappa shape index (κ1) is 13.4. The van der Waals surface area contributed by atoms with E-state index in [1.54, 1.807) is 19.9 Å². The highest BCUT2D eigenvalue weighted by Gasteiger charge is 2.10. The van der Waals surface area contributed by atoms with Crippen LogP contribution in [0, 0.1) is 6.92 Å². The van der Waals surface area contributed by atoms with Crippen molar-refractivity contribution in [2.75, 3.05) is 13.2 Å². The normalized spacial score (nSPS) is 9.82. The molecule has 1 heterocycles. The van der Waals surface area contributed by atoms with Crippen LogP contribution in [0.15, 0.2) is 12.1 Å². The highest BCUT2D eigenvalue weighted by molar-refractivity contribution is 6.29. The lowest BCUT2D eigenvalue weighted by molar-refractivity contribution is -0.141. The molecule has 5 nitrogen and oxygen atoms in total. The summed E-state index contributed by atoms with van der Waals surface area (Å²) in [6.07, 6.45) is 0. The molecule has 0 unspecified atom stereocenters. The van der Waals surface area contributed by atoms with Gasteiger partial charge in [-0.2, -0.15) is 0 Å². The Morgan fingerprint density at radius 3 is 2.76 bits per heavy atom. The zero-order chi connectivity index (χ0) is 12.8. The van der Waals surface area contributed by atoms with Gasteiger partial charge in [-0.3, -0.25) is 9.59 Å². The van der Waals surface area contributed by atoms with Crippen LogP contribution < -0.4 is 5.32 Å². The number of esters is 1. The number of carbonyl (C=O) groups is 2. The lowest BCUT2D eigenvalue weighted by atomic mass is 10.2. The second-order valence-corrected chi connectivity index (χ2v) is 3.69. The number of ether oxygens (including phenoxy) is 1. The summed E-state index contributed by atoms with van der Waals surface area (Å²) in [5.41, 5.74) is 1.01. The number of rotatable bonds is 4. The van der Waals surface area contributed by atoms with Crippen molar-refractivity contribution >= 4 is 23.5 Å². The first-order chi connectivity index (χ1) is 8.02. The molecule has 0 aliphatic heterocycles. The molecule has 17 heavy (non-hydrogen) atoms. The average molecular weight is 257 g/mol. The summed E-state index contributed by atoms with van der Waals surface area (Å²) in [6, 6.07) is 3.03. The number of nitrogens with one attached hydrogen (secondary N) is 1. The molecule has 1 amide bonds. The third kappa shape index (κ3) is 4.40. The summed E-state index contributed by atoms with van der Waals surface area (Å²) >= 11 is 5.72. The van der Waals surface area contributed by atoms with Crippen LogP contribution in [0.3, 0.4) is 0 Å². The molecule has 0 aliphatic rings. The monoisotopic (exact) mass is 256 g/mol. The van der Waals surface area contributed by atoms with E-state index in [1.165, 1.54) is 6.07 Å². The predicted octanol–water partition coefficient (Wildman–Crippen LogP) is 1.34. The molecule has 0 aliphatic carbocycles. The van der Waals surface area contributed by atoms with Crippen LogP contribution in [-0.4, -0.2) is 30.0 Å². The SMILES string of the molecule is CCOC(=O)CNC(=O)c1cc(C)nc(Cl)c1. The Morgan fingerprint density at radius 2 is 2.18 bits per heavy atom. The Balaban J connectivity index is 2.61. The van der Waals surface area contributed by atoms with Gasteiger partial charge in [-0.25, -0.2) is 4.98 Å².